The summed E-state index contributed by atoms with van der Waals surface area (Å²) < 4.78 is 0. The molecule has 3 heterocycles. The van der Waals surface area contributed by atoms with Crippen LogP contribution in [0.5, 0.6) is 0 Å². The van der Waals surface area contributed by atoms with Gasteiger partial charge < -0.3 is 0 Å². The van der Waals surface area contributed by atoms with Crippen LogP contribution in [0.1, 0.15) is 12.5 Å². The number of thiazole rings is 1. The first-order chi connectivity index (χ1) is 11.2. The number of amides is 2. The van der Waals surface area contributed by atoms with E-state index in [0.29, 0.717) is 11.6 Å². The highest BCUT2D eigenvalue weighted by molar-refractivity contribution is 7.13. The Bertz CT molecular complexity index is 803. The normalized spacial score (nSPS) is 10.3. The van der Waals surface area contributed by atoms with E-state index in [-0.39, 0.29) is 6.03 Å². The van der Waals surface area contributed by atoms with E-state index in [2.05, 4.69) is 32.5 Å². The lowest BCUT2D eigenvalue weighted by molar-refractivity contribution is 0.262. The lowest BCUT2D eigenvalue weighted by Gasteiger charge is -2.05. The minimum absolute atomic E-state index is 0.364. The number of pyridine rings is 2. The molecule has 2 amide bonds. The predicted octanol–water partition coefficient (Wildman–Crippen LogP) is 3.81. The fourth-order valence-corrected chi connectivity index (χ4v) is 2.74. The van der Waals surface area contributed by atoms with Crippen molar-refractivity contribution >= 4 is 29.0 Å². The average Bonchev–Trinajstić information content (AvgIpc) is 3.04. The van der Waals surface area contributed by atoms with Crippen LogP contribution in [-0.4, -0.2) is 21.0 Å². The summed E-state index contributed by atoms with van der Waals surface area (Å²) in [5, 5.41) is 8.04. The zero-order valence-electron chi connectivity index (χ0n) is 12.5. The van der Waals surface area contributed by atoms with Crippen molar-refractivity contribution in [3.63, 3.8) is 0 Å². The van der Waals surface area contributed by atoms with Crippen LogP contribution >= 0.6 is 11.3 Å². The summed E-state index contributed by atoms with van der Waals surface area (Å²) in [4.78, 5) is 24.5. The monoisotopic (exact) mass is 325 g/mol. The summed E-state index contributed by atoms with van der Waals surface area (Å²) in [5.74, 6) is 1.03. The van der Waals surface area contributed by atoms with Crippen molar-refractivity contribution in [1.82, 2.24) is 15.0 Å². The second-order valence-corrected chi connectivity index (χ2v) is 5.61. The molecule has 0 aliphatic carbocycles. The van der Waals surface area contributed by atoms with Crippen LogP contribution in [0.3, 0.4) is 0 Å². The van der Waals surface area contributed by atoms with Crippen LogP contribution in [0.2, 0.25) is 0 Å². The topological polar surface area (TPSA) is 79.8 Å². The van der Waals surface area contributed by atoms with Gasteiger partial charge in [-0.1, -0.05) is 6.92 Å². The van der Waals surface area contributed by atoms with Gasteiger partial charge in [0.05, 0.1) is 0 Å². The maximum absolute atomic E-state index is 12.0. The Kier molecular flexibility index (Phi) is 4.58. The molecule has 0 spiro atoms. The maximum Gasteiger partial charge on any atom is 0.326 e. The molecule has 0 unspecified atom stereocenters. The molecule has 3 rings (SSSR count). The Morgan fingerprint density at radius 1 is 1.13 bits per heavy atom. The van der Waals surface area contributed by atoms with Gasteiger partial charge >= 0.3 is 6.03 Å². The number of carbonyl (C=O) groups is 1. The van der Waals surface area contributed by atoms with E-state index < -0.39 is 0 Å². The number of anilines is 2. The number of aryl methyl sites for hydroxylation is 1. The number of hydrogen-bond donors (Lipinski definition) is 2. The minimum Gasteiger partial charge on any atom is -0.292 e. The van der Waals surface area contributed by atoms with Crippen LogP contribution in [-0.2, 0) is 6.42 Å². The molecule has 0 aliphatic heterocycles. The Morgan fingerprint density at radius 3 is 2.70 bits per heavy atom. The molecule has 0 aliphatic rings. The van der Waals surface area contributed by atoms with Crippen LogP contribution in [0, 0.1) is 0 Å². The van der Waals surface area contributed by atoms with Gasteiger partial charge in [-0.15, -0.1) is 11.3 Å². The zero-order valence-corrected chi connectivity index (χ0v) is 13.3. The number of hydrogen-bond acceptors (Lipinski definition) is 5. The van der Waals surface area contributed by atoms with Gasteiger partial charge in [-0.05, 0) is 36.2 Å². The summed E-state index contributed by atoms with van der Waals surface area (Å²) in [6.07, 6.45) is 5.99. The highest BCUT2D eigenvalue weighted by atomic mass is 32.1. The molecule has 0 atom stereocenters. The third-order valence-electron chi connectivity index (χ3n) is 3.15. The van der Waals surface area contributed by atoms with E-state index in [4.69, 9.17) is 0 Å². The number of nitrogens with one attached hydrogen (secondary N) is 2. The summed E-state index contributed by atoms with van der Waals surface area (Å²) in [6.45, 7) is 2.05. The molecule has 7 heteroatoms. The second-order valence-electron chi connectivity index (χ2n) is 4.76. The van der Waals surface area contributed by atoms with Crippen molar-refractivity contribution in [3.8, 4) is 10.6 Å². The zero-order chi connectivity index (χ0) is 16.1. The molecule has 2 N–H and O–H groups in total. The predicted molar refractivity (Wildman–Crippen MR) is 91.6 cm³/mol. The van der Waals surface area contributed by atoms with E-state index in [1.165, 1.54) is 11.3 Å². The molecule has 3 aromatic heterocycles. The molecule has 0 radical (unpaired) electrons. The summed E-state index contributed by atoms with van der Waals surface area (Å²) >= 11 is 1.46. The fraction of sp³-hybridized carbons (Fsp3) is 0.125. The van der Waals surface area contributed by atoms with E-state index in [0.717, 1.165) is 22.6 Å². The van der Waals surface area contributed by atoms with E-state index in [1.54, 1.807) is 24.0 Å². The van der Waals surface area contributed by atoms with Crippen molar-refractivity contribution in [2.75, 3.05) is 10.6 Å². The quantitative estimate of drug-likeness (QED) is 0.764. The van der Waals surface area contributed by atoms with Crippen molar-refractivity contribution in [2.45, 2.75) is 13.3 Å². The lowest BCUT2D eigenvalue weighted by atomic mass is 10.2. The smallest absolute Gasteiger partial charge is 0.292 e. The largest absolute Gasteiger partial charge is 0.326 e. The first-order valence-corrected chi connectivity index (χ1v) is 8.01. The minimum atomic E-state index is -0.364. The average molecular weight is 325 g/mol. The van der Waals surface area contributed by atoms with Crippen molar-refractivity contribution in [3.05, 3.63) is 53.8 Å². The molecule has 23 heavy (non-hydrogen) atoms. The van der Waals surface area contributed by atoms with Crippen molar-refractivity contribution < 1.29 is 4.79 Å². The molecular formula is C16H15N5OS. The summed E-state index contributed by atoms with van der Waals surface area (Å²) in [6, 6.07) is 7.16. The highest BCUT2D eigenvalue weighted by Gasteiger charge is 2.08. The van der Waals surface area contributed by atoms with E-state index in [1.807, 2.05) is 24.3 Å². The lowest BCUT2D eigenvalue weighted by Crippen LogP contribution is -2.20. The van der Waals surface area contributed by atoms with E-state index >= 15 is 0 Å². The van der Waals surface area contributed by atoms with Crippen LogP contribution < -0.4 is 10.6 Å². The molecule has 0 bridgehead atoms. The molecule has 6 nitrogen and oxygen atoms in total. The van der Waals surface area contributed by atoms with Gasteiger partial charge in [-0.25, -0.2) is 14.8 Å². The Labute approximate surface area is 137 Å². The first-order valence-electron chi connectivity index (χ1n) is 7.13. The molecule has 0 aromatic carbocycles. The van der Waals surface area contributed by atoms with Gasteiger partial charge in [0.1, 0.15) is 16.6 Å². The maximum atomic E-state index is 12.0. The molecule has 0 saturated heterocycles. The molecular weight excluding hydrogens is 310 g/mol. The number of aromatic nitrogens is 3. The third-order valence-corrected chi connectivity index (χ3v) is 4.04. The Balaban J connectivity index is 1.65. The first kappa shape index (κ1) is 15.1. The Hall–Kier alpha value is -2.80. The molecule has 116 valence electrons. The van der Waals surface area contributed by atoms with Gasteiger partial charge in [0, 0.05) is 29.5 Å². The number of urea groups is 1. The standard InChI is InChI=1S/C16H15N5OS/c1-2-11-3-8-18-13(9-11)20-16(22)21-14-10-23-15(19-14)12-4-6-17-7-5-12/h3-10H,2H2,1H3,(H2,18,20,21,22). The third kappa shape index (κ3) is 3.89. The van der Waals surface area contributed by atoms with Crippen LogP contribution in [0.15, 0.2) is 48.2 Å². The van der Waals surface area contributed by atoms with Gasteiger partial charge in [-0.3, -0.25) is 15.6 Å². The van der Waals surface area contributed by atoms with Crippen LogP contribution in [0.4, 0.5) is 16.4 Å². The van der Waals surface area contributed by atoms with Crippen LogP contribution in [0.25, 0.3) is 10.6 Å². The second kappa shape index (κ2) is 6.97. The van der Waals surface area contributed by atoms with E-state index in [9.17, 15) is 4.79 Å². The van der Waals surface area contributed by atoms with Gasteiger partial charge in [0.2, 0.25) is 0 Å². The Morgan fingerprint density at radius 2 is 1.91 bits per heavy atom. The van der Waals surface area contributed by atoms with Gasteiger partial charge in [-0.2, -0.15) is 0 Å². The molecule has 0 saturated carbocycles. The number of nitrogens with zero attached hydrogens (tertiary/aromatic N) is 3. The van der Waals surface area contributed by atoms with Gasteiger partial charge in [0.25, 0.3) is 0 Å². The number of rotatable bonds is 4. The van der Waals surface area contributed by atoms with Crippen molar-refractivity contribution in [2.24, 2.45) is 0 Å². The highest BCUT2D eigenvalue weighted by Crippen LogP contribution is 2.25. The SMILES string of the molecule is CCc1ccnc(NC(=O)Nc2csc(-c3ccncc3)n2)c1. The summed E-state index contributed by atoms with van der Waals surface area (Å²) in [7, 11) is 0. The van der Waals surface area contributed by atoms with Gasteiger partial charge in [0.15, 0.2) is 0 Å². The molecule has 3 aromatic rings. The number of carbonyl (C=O) groups excluding carboxylic acids is 1. The molecule has 0 fully saturated rings. The van der Waals surface area contributed by atoms with Crippen molar-refractivity contribution in [1.29, 1.82) is 0 Å². The fourth-order valence-electron chi connectivity index (χ4n) is 1.98. The summed E-state index contributed by atoms with van der Waals surface area (Å²) in [5.41, 5.74) is 2.08.